The first-order chi connectivity index (χ1) is 12.4. The molecule has 0 radical (unpaired) electrons. The Balaban J connectivity index is 2.15. The van der Waals surface area contributed by atoms with E-state index in [-0.39, 0.29) is 23.9 Å². The van der Waals surface area contributed by atoms with E-state index in [9.17, 15) is 4.79 Å². The SMILES string of the molecule is COc1ccccc1C(=O)NNc1nc(NC(C)C)nc(NC(C)C)n1. The third kappa shape index (κ3) is 5.47. The van der Waals surface area contributed by atoms with Crippen molar-refractivity contribution in [3.8, 4) is 5.75 Å². The third-order valence-corrected chi connectivity index (χ3v) is 3.11. The number of nitrogens with one attached hydrogen (secondary N) is 4. The molecule has 0 aliphatic carbocycles. The van der Waals surface area contributed by atoms with E-state index >= 15 is 0 Å². The molecule has 0 atom stereocenters. The molecule has 0 unspecified atom stereocenters. The van der Waals surface area contributed by atoms with Crippen molar-refractivity contribution in [2.24, 2.45) is 0 Å². The van der Waals surface area contributed by atoms with Crippen LogP contribution in [-0.2, 0) is 0 Å². The monoisotopic (exact) mass is 359 g/mol. The first-order valence-electron chi connectivity index (χ1n) is 8.37. The van der Waals surface area contributed by atoms with Gasteiger partial charge in [0.25, 0.3) is 5.91 Å². The number of amides is 1. The Labute approximate surface area is 153 Å². The van der Waals surface area contributed by atoms with E-state index in [1.54, 1.807) is 24.3 Å². The second-order valence-corrected chi connectivity index (χ2v) is 6.18. The van der Waals surface area contributed by atoms with Crippen molar-refractivity contribution in [2.45, 2.75) is 39.8 Å². The van der Waals surface area contributed by atoms with Crippen LogP contribution in [0.1, 0.15) is 38.1 Å². The van der Waals surface area contributed by atoms with Crippen LogP contribution in [0.5, 0.6) is 5.75 Å². The number of nitrogens with zero attached hydrogens (tertiary/aromatic N) is 3. The molecule has 26 heavy (non-hydrogen) atoms. The summed E-state index contributed by atoms with van der Waals surface area (Å²) >= 11 is 0. The van der Waals surface area contributed by atoms with Gasteiger partial charge >= 0.3 is 0 Å². The minimum atomic E-state index is -0.361. The van der Waals surface area contributed by atoms with Gasteiger partial charge in [-0.3, -0.25) is 15.6 Å². The van der Waals surface area contributed by atoms with Crippen LogP contribution in [0.2, 0.25) is 0 Å². The molecule has 0 aliphatic rings. The van der Waals surface area contributed by atoms with Crippen molar-refractivity contribution >= 4 is 23.8 Å². The summed E-state index contributed by atoms with van der Waals surface area (Å²) in [4.78, 5) is 25.2. The summed E-state index contributed by atoms with van der Waals surface area (Å²) in [6, 6.07) is 7.24. The molecule has 2 rings (SSSR count). The smallest absolute Gasteiger partial charge is 0.273 e. The number of ether oxygens (including phenoxy) is 1. The lowest BCUT2D eigenvalue weighted by Gasteiger charge is -2.14. The van der Waals surface area contributed by atoms with Crippen LogP contribution in [0.3, 0.4) is 0 Å². The van der Waals surface area contributed by atoms with Gasteiger partial charge in [0.2, 0.25) is 17.8 Å². The lowest BCUT2D eigenvalue weighted by molar-refractivity contribution is 0.0959. The summed E-state index contributed by atoms with van der Waals surface area (Å²) in [6.07, 6.45) is 0. The Kier molecular flexibility index (Phi) is 6.54. The minimum absolute atomic E-state index is 0.153. The number of anilines is 3. The number of rotatable bonds is 8. The fourth-order valence-corrected chi connectivity index (χ4v) is 2.09. The van der Waals surface area contributed by atoms with E-state index in [1.165, 1.54) is 7.11 Å². The molecule has 1 heterocycles. The Morgan fingerprint density at radius 2 is 1.46 bits per heavy atom. The van der Waals surface area contributed by atoms with Crippen LogP contribution < -0.4 is 26.2 Å². The zero-order valence-electron chi connectivity index (χ0n) is 15.6. The maximum Gasteiger partial charge on any atom is 0.273 e. The highest BCUT2D eigenvalue weighted by molar-refractivity contribution is 5.97. The van der Waals surface area contributed by atoms with Crippen LogP contribution in [0.4, 0.5) is 17.8 Å². The van der Waals surface area contributed by atoms with E-state index in [2.05, 4.69) is 36.4 Å². The topological polar surface area (TPSA) is 113 Å². The molecule has 140 valence electrons. The molecule has 9 heteroatoms. The van der Waals surface area contributed by atoms with Crippen LogP contribution in [0.15, 0.2) is 24.3 Å². The molecule has 4 N–H and O–H groups in total. The maximum absolute atomic E-state index is 12.4. The van der Waals surface area contributed by atoms with E-state index in [0.29, 0.717) is 23.2 Å². The molecule has 0 bridgehead atoms. The average Bonchev–Trinajstić information content (AvgIpc) is 2.58. The molecule has 1 aromatic heterocycles. The number of hydrazine groups is 1. The van der Waals surface area contributed by atoms with Crippen LogP contribution in [0, 0.1) is 0 Å². The number of para-hydroxylation sites is 1. The molecule has 0 saturated heterocycles. The normalized spacial score (nSPS) is 10.6. The molecule has 0 saturated carbocycles. The molecule has 0 spiro atoms. The van der Waals surface area contributed by atoms with Crippen LogP contribution in [0.25, 0.3) is 0 Å². The fourth-order valence-electron chi connectivity index (χ4n) is 2.09. The quantitative estimate of drug-likeness (QED) is 0.531. The predicted molar refractivity (Wildman–Crippen MR) is 101 cm³/mol. The number of carbonyl (C=O) groups is 1. The highest BCUT2D eigenvalue weighted by Gasteiger charge is 2.13. The Hall–Kier alpha value is -3.10. The third-order valence-electron chi connectivity index (χ3n) is 3.11. The number of methoxy groups -OCH3 is 1. The molecule has 9 nitrogen and oxygen atoms in total. The van der Waals surface area contributed by atoms with Crippen LogP contribution >= 0.6 is 0 Å². The van der Waals surface area contributed by atoms with Crippen molar-refractivity contribution in [3.05, 3.63) is 29.8 Å². The number of hydrogen-bond acceptors (Lipinski definition) is 8. The minimum Gasteiger partial charge on any atom is -0.496 e. The first-order valence-corrected chi connectivity index (χ1v) is 8.37. The summed E-state index contributed by atoms with van der Waals surface area (Å²) in [7, 11) is 1.51. The summed E-state index contributed by atoms with van der Waals surface area (Å²) in [5, 5.41) is 6.24. The van der Waals surface area contributed by atoms with E-state index in [1.807, 2.05) is 27.7 Å². The van der Waals surface area contributed by atoms with Crippen molar-refractivity contribution in [1.82, 2.24) is 20.4 Å². The number of benzene rings is 1. The van der Waals surface area contributed by atoms with Gasteiger partial charge in [0.1, 0.15) is 5.75 Å². The average molecular weight is 359 g/mol. The van der Waals surface area contributed by atoms with Gasteiger partial charge in [-0.2, -0.15) is 15.0 Å². The highest BCUT2D eigenvalue weighted by Crippen LogP contribution is 2.17. The molecule has 0 aliphatic heterocycles. The molecule has 1 aromatic carbocycles. The Morgan fingerprint density at radius 1 is 0.923 bits per heavy atom. The van der Waals surface area contributed by atoms with Gasteiger partial charge in [0, 0.05) is 12.1 Å². The second kappa shape index (κ2) is 8.84. The van der Waals surface area contributed by atoms with E-state index in [4.69, 9.17) is 4.74 Å². The summed E-state index contributed by atoms with van der Waals surface area (Å²) in [6.45, 7) is 7.93. The van der Waals surface area contributed by atoms with E-state index in [0.717, 1.165) is 0 Å². The molecular formula is C17H25N7O2. The second-order valence-electron chi connectivity index (χ2n) is 6.18. The van der Waals surface area contributed by atoms with Crippen molar-refractivity contribution < 1.29 is 9.53 Å². The molecular weight excluding hydrogens is 334 g/mol. The van der Waals surface area contributed by atoms with Gasteiger partial charge in [-0.15, -0.1) is 0 Å². The fraction of sp³-hybridized carbons (Fsp3) is 0.412. The van der Waals surface area contributed by atoms with Gasteiger partial charge in [-0.25, -0.2) is 0 Å². The van der Waals surface area contributed by atoms with Crippen molar-refractivity contribution in [1.29, 1.82) is 0 Å². The molecule has 1 amide bonds. The Morgan fingerprint density at radius 3 is 2.00 bits per heavy atom. The molecule has 0 fully saturated rings. The standard InChI is InChI=1S/C17H25N7O2/c1-10(2)18-15-20-16(19-11(3)4)22-17(21-15)24-23-14(25)12-8-6-7-9-13(12)26-5/h6-11H,1-5H3,(H,23,25)(H3,18,19,20,21,22,24). The zero-order chi connectivity index (χ0) is 19.1. The van der Waals surface area contributed by atoms with Crippen LogP contribution in [-0.4, -0.2) is 40.1 Å². The summed E-state index contributed by atoms with van der Waals surface area (Å²) in [5.41, 5.74) is 5.70. The zero-order valence-corrected chi connectivity index (χ0v) is 15.6. The van der Waals surface area contributed by atoms with Gasteiger partial charge < -0.3 is 15.4 Å². The lowest BCUT2D eigenvalue weighted by atomic mass is 10.2. The first kappa shape index (κ1) is 19.2. The predicted octanol–water partition coefficient (Wildman–Crippen LogP) is 2.28. The van der Waals surface area contributed by atoms with Gasteiger partial charge in [0.05, 0.1) is 12.7 Å². The maximum atomic E-state index is 12.4. The molecule has 2 aromatic rings. The largest absolute Gasteiger partial charge is 0.496 e. The van der Waals surface area contributed by atoms with E-state index < -0.39 is 0 Å². The number of carbonyl (C=O) groups excluding carboxylic acids is 1. The van der Waals surface area contributed by atoms with Crippen molar-refractivity contribution in [3.63, 3.8) is 0 Å². The van der Waals surface area contributed by atoms with Gasteiger partial charge in [0.15, 0.2) is 0 Å². The van der Waals surface area contributed by atoms with Gasteiger partial charge in [-0.05, 0) is 39.8 Å². The van der Waals surface area contributed by atoms with Crippen molar-refractivity contribution in [2.75, 3.05) is 23.2 Å². The highest BCUT2D eigenvalue weighted by atomic mass is 16.5. The summed E-state index contributed by atoms with van der Waals surface area (Å²) < 4.78 is 5.19. The Bertz CT molecular complexity index is 721. The lowest BCUT2D eigenvalue weighted by Crippen LogP contribution is -2.31. The number of hydrogen-bond donors (Lipinski definition) is 4. The summed E-state index contributed by atoms with van der Waals surface area (Å²) in [5.74, 6) is 1.15. The van der Waals surface area contributed by atoms with Gasteiger partial charge in [-0.1, -0.05) is 12.1 Å². The number of aromatic nitrogens is 3.